The molecule has 2 aliphatic heterocycles. The quantitative estimate of drug-likeness (QED) is 0.151. The van der Waals surface area contributed by atoms with Crippen LogP contribution in [-0.2, 0) is 57.1 Å². The van der Waals surface area contributed by atoms with Gasteiger partial charge in [0.15, 0.2) is 12.6 Å². The average molecular weight is 515 g/mol. The summed E-state index contributed by atoms with van der Waals surface area (Å²) in [7, 11) is 0. The molecule has 0 amide bonds. The summed E-state index contributed by atoms with van der Waals surface area (Å²) >= 11 is 0. The third kappa shape index (κ3) is 11.3. The first-order chi connectivity index (χ1) is 17.1. The molecule has 0 unspecified atom stereocenters. The highest BCUT2D eigenvalue weighted by molar-refractivity contribution is 5.67. The van der Waals surface area contributed by atoms with Crippen LogP contribution in [0.25, 0.3) is 0 Å². The lowest BCUT2D eigenvalue weighted by atomic mass is 10.1. The second-order valence-corrected chi connectivity index (χ2v) is 8.06. The van der Waals surface area contributed by atoms with E-state index in [4.69, 9.17) is 37.9 Å². The summed E-state index contributed by atoms with van der Waals surface area (Å²) in [6.45, 7) is 5.71. The zero-order valence-corrected chi connectivity index (χ0v) is 20.9. The molecular formula is C24H34O12. The summed E-state index contributed by atoms with van der Waals surface area (Å²) in [5, 5.41) is 0. The summed E-state index contributed by atoms with van der Waals surface area (Å²) in [4.78, 5) is 44.8. The molecule has 6 atom stereocenters. The van der Waals surface area contributed by atoms with Crippen LogP contribution in [0.1, 0.15) is 40.5 Å². The van der Waals surface area contributed by atoms with Gasteiger partial charge in [0.1, 0.15) is 37.6 Å². The van der Waals surface area contributed by atoms with Crippen molar-refractivity contribution in [3.05, 3.63) is 24.3 Å². The van der Waals surface area contributed by atoms with E-state index in [0.29, 0.717) is 26.1 Å². The van der Waals surface area contributed by atoms with E-state index < -0.39 is 60.9 Å². The minimum Gasteiger partial charge on any atom is -0.463 e. The molecule has 0 aromatic carbocycles. The van der Waals surface area contributed by atoms with Gasteiger partial charge in [0, 0.05) is 27.7 Å². The van der Waals surface area contributed by atoms with Gasteiger partial charge in [0.05, 0.1) is 13.2 Å². The van der Waals surface area contributed by atoms with Crippen molar-refractivity contribution in [3.8, 4) is 0 Å². The van der Waals surface area contributed by atoms with Crippen LogP contribution in [0.15, 0.2) is 24.3 Å². The highest BCUT2D eigenvalue weighted by Crippen LogP contribution is 2.20. The van der Waals surface area contributed by atoms with Gasteiger partial charge in [-0.15, -0.1) is 0 Å². The molecule has 36 heavy (non-hydrogen) atoms. The molecule has 0 aromatic heterocycles. The molecular weight excluding hydrogens is 480 g/mol. The fourth-order valence-corrected chi connectivity index (χ4v) is 3.31. The number of unbranched alkanes of at least 4 members (excludes halogenated alkanes) is 1. The Morgan fingerprint density at radius 3 is 1.33 bits per heavy atom. The van der Waals surface area contributed by atoms with Crippen molar-refractivity contribution in [3.63, 3.8) is 0 Å². The van der Waals surface area contributed by atoms with Crippen molar-refractivity contribution in [2.75, 3.05) is 26.4 Å². The number of hydrogen-bond acceptors (Lipinski definition) is 12. The van der Waals surface area contributed by atoms with Crippen molar-refractivity contribution in [1.29, 1.82) is 0 Å². The zero-order chi connectivity index (χ0) is 26.5. The van der Waals surface area contributed by atoms with Gasteiger partial charge in [0.2, 0.25) is 0 Å². The lowest BCUT2D eigenvalue weighted by Crippen LogP contribution is -2.42. The minimum absolute atomic E-state index is 0.0724. The van der Waals surface area contributed by atoms with E-state index in [1.54, 1.807) is 24.3 Å². The number of rotatable bonds is 13. The largest absolute Gasteiger partial charge is 0.463 e. The molecule has 0 bridgehead atoms. The Balaban J connectivity index is 1.71. The monoisotopic (exact) mass is 514 g/mol. The van der Waals surface area contributed by atoms with Gasteiger partial charge in [-0.1, -0.05) is 0 Å². The van der Waals surface area contributed by atoms with E-state index in [1.807, 2.05) is 0 Å². The first-order valence-electron chi connectivity index (χ1n) is 11.7. The summed E-state index contributed by atoms with van der Waals surface area (Å²) in [6.07, 6.45) is 3.81. The number of carbonyl (C=O) groups is 4. The average Bonchev–Trinajstić information content (AvgIpc) is 2.80. The Hall–Kier alpha value is -2.80. The molecule has 2 aliphatic rings. The molecule has 0 spiro atoms. The van der Waals surface area contributed by atoms with Gasteiger partial charge < -0.3 is 37.9 Å². The maximum Gasteiger partial charge on any atom is 0.303 e. The van der Waals surface area contributed by atoms with Crippen molar-refractivity contribution < 1.29 is 57.1 Å². The maximum atomic E-state index is 11.3. The van der Waals surface area contributed by atoms with E-state index in [2.05, 4.69) is 0 Å². The number of esters is 4. The fourth-order valence-electron chi connectivity index (χ4n) is 3.31. The number of ether oxygens (including phenoxy) is 8. The van der Waals surface area contributed by atoms with Gasteiger partial charge >= 0.3 is 23.9 Å². The summed E-state index contributed by atoms with van der Waals surface area (Å²) in [5.41, 5.74) is 0. The second kappa shape index (κ2) is 15.3. The minimum atomic E-state index is -0.679. The first kappa shape index (κ1) is 29.4. The normalized spacial score (nSPS) is 27.2. The van der Waals surface area contributed by atoms with Crippen molar-refractivity contribution in [2.45, 2.75) is 77.5 Å². The lowest BCUT2D eigenvalue weighted by molar-refractivity contribution is -0.200. The molecule has 2 rings (SSSR count). The van der Waals surface area contributed by atoms with Crippen LogP contribution in [0.5, 0.6) is 0 Å². The van der Waals surface area contributed by atoms with Gasteiger partial charge in [-0.2, -0.15) is 0 Å². The molecule has 0 aromatic rings. The Morgan fingerprint density at radius 2 is 1.00 bits per heavy atom. The molecule has 0 radical (unpaired) electrons. The molecule has 0 N–H and O–H groups in total. The summed E-state index contributed by atoms with van der Waals surface area (Å²) < 4.78 is 43.2. The maximum absolute atomic E-state index is 11.3. The molecule has 2 heterocycles. The van der Waals surface area contributed by atoms with E-state index >= 15 is 0 Å². The van der Waals surface area contributed by atoms with Crippen LogP contribution < -0.4 is 0 Å². The molecule has 0 saturated heterocycles. The van der Waals surface area contributed by atoms with Gasteiger partial charge in [0.25, 0.3) is 0 Å². The number of carbonyl (C=O) groups excluding carboxylic acids is 4. The van der Waals surface area contributed by atoms with E-state index in [1.165, 1.54) is 27.7 Å². The third-order valence-corrected chi connectivity index (χ3v) is 4.88. The van der Waals surface area contributed by atoms with Crippen LogP contribution in [-0.4, -0.2) is 87.3 Å². The third-order valence-electron chi connectivity index (χ3n) is 4.88. The van der Waals surface area contributed by atoms with Crippen molar-refractivity contribution >= 4 is 23.9 Å². The molecule has 202 valence electrons. The van der Waals surface area contributed by atoms with Crippen molar-refractivity contribution in [1.82, 2.24) is 0 Å². The van der Waals surface area contributed by atoms with Crippen molar-refractivity contribution in [2.24, 2.45) is 0 Å². The predicted molar refractivity (Wildman–Crippen MR) is 121 cm³/mol. The zero-order valence-electron chi connectivity index (χ0n) is 20.9. The Labute approximate surface area is 209 Å². The molecule has 12 nitrogen and oxygen atoms in total. The van der Waals surface area contributed by atoms with Gasteiger partial charge in [-0.3, -0.25) is 19.2 Å². The molecule has 0 fully saturated rings. The fraction of sp³-hybridized carbons (Fsp3) is 0.667. The number of hydrogen-bond donors (Lipinski definition) is 0. The van der Waals surface area contributed by atoms with Crippen LogP contribution in [0.2, 0.25) is 0 Å². The molecule has 12 heteroatoms. The lowest BCUT2D eigenvalue weighted by Gasteiger charge is -2.31. The van der Waals surface area contributed by atoms with E-state index in [9.17, 15) is 19.2 Å². The van der Waals surface area contributed by atoms with Gasteiger partial charge in [-0.25, -0.2) is 0 Å². The highest BCUT2D eigenvalue weighted by Gasteiger charge is 2.32. The smallest absolute Gasteiger partial charge is 0.303 e. The standard InChI is InChI=1S/C24H34O12/c1-15(25)31-13-21-19(33-17(3)27)7-9-23(35-21)29-11-5-6-12-30-24-10-8-20(34-18(4)28)22(36-24)14-32-16(2)26/h7-10,19-24H,5-6,11-14H2,1-4H3/t19-,20-,21+,22+,23-,24-/m0/s1. The molecule has 0 saturated carbocycles. The topological polar surface area (TPSA) is 142 Å². The van der Waals surface area contributed by atoms with Crippen LogP contribution in [0.4, 0.5) is 0 Å². The Morgan fingerprint density at radius 1 is 0.611 bits per heavy atom. The first-order valence-corrected chi connectivity index (χ1v) is 11.7. The summed E-state index contributed by atoms with van der Waals surface area (Å²) in [5.74, 6) is -1.89. The SMILES string of the molecule is CC(=O)OC[C@H]1O[C@H](OCCCCO[C@@H]2C=C[C@H](OC(C)=O)[C@@H](COC(C)=O)O2)C=C[C@@H]1OC(C)=O. The van der Waals surface area contributed by atoms with Gasteiger partial charge in [-0.05, 0) is 37.1 Å². The summed E-state index contributed by atoms with van der Waals surface area (Å²) in [6, 6.07) is 0. The predicted octanol–water partition coefficient (Wildman–Crippen LogP) is 1.35. The Kier molecular flexibility index (Phi) is 12.5. The van der Waals surface area contributed by atoms with E-state index in [-0.39, 0.29) is 13.2 Å². The van der Waals surface area contributed by atoms with Crippen LogP contribution in [0, 0.1) is 0 Å². The Bertz CT molecular complexity index is 741. The molecule has 0 aliphatic carbocycles. The van der Waals surface area contributed by atoms with Crippen LogP contribution >= 0.6 is 0 Å². The second-order valence-electron chi connectivity index (χ2n) is 8.06. The van der Waals surface area contributed by atoms with Crippen LogP contribution in [0.3, 0.4) is 0 Å². The highest BCUT2D eigenvalue weighted by atomic mass is 16.7. The van der Waals surface area contributed by atoms with E-state index in [0.717, 1.165) is 0 Å².